The Morgan fingerprint density at radius 1 is 1.10 bits per heavy atom. The van der Waals surface area contributed by atoms with E-state index in [4.69, 9.17) is 9.47 Å². The van der Waals surface area contributed by atoms with Crippen LogP contribution in [0.2, 0.25) is 0 Å². The molecular weight excluding hydrogens is 262 g/mol. The van der Waals surface area contributed by atoms with Gasteiger partial charge in [-0.2, -0.15) is 0 Å². The van der Waals surface area contributed by atoms with Crippen LogP contribution in [0.1, 0.15) is 10.4 Å². The highest BCUT2D eigenvalue weighted by atomic mass is 16.7. The number of carbonyl (C=O) groups excluding carboxylic acids is 1. The van der Waals surface area contributed by atoms with Gasteiger partial charge in [0.1, 0.15) is 0 Å². The second-order valence-corrected chi connectivity index (χ2v) is 4.20. The van der Waals surface area contributed by atoms with Gasteiger partial charge in [0.05, 0.1) is 5.56 Å². The molecule has 3 rings (SSSR count). The zero-order valence-corrected chi connectivity index (χ0v) is 10.3. The number of phenolic OH excluding ortho intramolecular Hbond substituents is 2. The number of rotatable bonds is 2. The van der Waals surface area contributed by atoms with Crippen LogP contribution in [0.4, 0.5) is 5.69 Å². The van der Waals surface area contributed by atoms with Gasteiger partial charge in [0.25, 0.3) is 5.91 Å². The van der Waals surface area contributed by atoms with Crippen LogP contribution in [0.25, 0.3) is 0 Å². The van der Waals surface area contributed by atoms with E-state index >= 15 is 0 Å². The van der Waals surface area contributed by atoms with E-state index in [-0.39, 0.29) is 18.1 Å². The van der Waals surface area contributed by atoms with Crippen LogP contribution in [0, 0.1) is 0 Å². The summed E-state index contributed by atoms with van der Waals surface area (Å²) < 4.78 is 10.4. The van der Waals surface area contributed by atoms with Gasteiger partial charge in [0.15, 0.2) is 23.0 Å². The van der Waals surface area contributed by atoms with Crippen LogP contribution in [0.5, 0.6) is 23.0 Å². The lowest BCUT2D eigenvalue weighted by molar-refractivity contribution is 0.102. The van der Waals surface area contributed by atoms with Gasteiger partial charge < -0.3 is 25.0 Å². The first-order valence-electron chi connectivity index (χ1n) is 5.87. The standard InChI is InChI=1S/C14H11NO5/c16-10-3-1-2-9(13(10)17)14(18)15-8-4-5-11-12(6-8)20-7-19-11/h1-6,16-17H,7H2,(H,15,18). The summed E-state index contributed by atoms with van der Waals surface area (Å²) in [5.74, 6) is -0.169. The normalized spacial score (nSPS) is 12.2. The fourth-order valence-corrected chi connectivity index (χ4v) is 1.89. The van der Waals surface area contributed by atoms with Gasteiger partial charge in [0, 0.05) is 11.8 Å². The Morgan fingerprint density at radius 2 is 1.90 bits per heavy atom. The fraction of sp³-hybridized carbons (Fsp3) is 0.0714. The van der Waals surface area contributed by atoms with Crippen molar-refractivity contribution in [2.24, 2.45) is 0 Å². The number of para-hydroxylation sites is 1. The molecule has 2 aromatic carbocycles. The van der Waals surface area contributed by atoms with Crippen LogP contribution >= 0.6 is 0 Å². The average molecular weight is 273 g/mol. The van der Waals surface area contributed by atoms with Crippen molar-refractivity contribution >= 4 is 11.6 Å². The maximum Gasteiger partial charge on any atom is 0.259 e. The quantitative estimate of drug-likeness (QED) is 0.729. The second kappa shape index (κ2) is 4.65. The fourth-order valence-electron chi connectivity index (χ4n) is 1.89. The first-order chi connectivity index (χ1) is 9.65. The molecule has 0 radical (unpaired) electrons. The number of amides is 1. The minimum absolute atomic E-state index is 0.0114. The SMILES string of the molecule is O=C(Nc1ccc2c(c1)OCO2)c1cccc(O)c1O. The average Bonchev–Trinajstić information content (AvgIpc) is 2.89. The molecule has 1 heterocycles. The molecular formula is C14H11NO5. The third kappa shape index (κ3) is 2.07. The first kappa shape index (κ1) is 12.2. The van der Waals surface area contributed by atoms with Gasteiger partial charge in [-0.1, -0.05) is 6.07 Å². The van der Waals surface area contributed by atoms with Crippen molar-refractivity contribution in [2.45, 2.75) is 0 Å². The molecule has 1 aliphatic heterocycles. The molecule has 6 nitrogen and oxygen atoms in total. The topological polar surface area (TPSA) is 88.0 Å². The summed E-state index contributed by atoms with van der Waals surface area (Å²) in [5, 5.41) is 21.6. The minimum Gasteiger partial charge on any atom is -0.504 e. The molecule has 0 bridgehead atoms. The maximum absolute atomic E-state index is 12.0. The van der Waals surface area contributed by atoms with E-state index in [9.17, 15) is 15.0 Å². The molecule has 102 valence electrons. The van der Waals surface area contributed by atoms with Crippen molar-refractivity contribution in [1.29, 1.82) is 0 Å². The Balaban J connectivity index is 1.84. The molecule has 0 atom stereocenters. The minimum atomic E-state index is -0.530. The van der Waals surface area contributed by atoms with Crippen molar-refractivity contribution in [3.8, 4) is 23.0 Å². The summed E-state index contributed by atoms with van der Waals surface area (Å²) >= 11 is 0. The summed E-state index contributed by atoms with van der Waals surface area (Å²) in [6.45, 7) is 0.153. The molecule has 0 saturated carbocycles. The summed E-state index contributed by atoms with van der Waals surface area (Å²) in [7, 11) is 0. The van der Waals surface area contributed by atoms with Gasteiger partial charge in [0.2, 0.25) is 6.79 Å². The van der Waals surface area contributed by atoms with Gasteiger partial charge in [-0.3, -0.25) is 4.79 Å². The number of ether oxygens (including phenoxy) is 2. The molecule has 0 fully saturated rings. The molecule has 20 heavy (non-hydrogen) atoms. The number of nitrogens with one attached hydrogen (secondary N) is 1. The molecule has 0 saturated heterocycles. The predicted molar refractivity (Wildman–Crippen MR) is 70.3 cm³/mol. The Hall–Kier alpha value is -2.89. The molecule has 3 N–H and O–H groups in total. The number of anilines is 1. The number of fused-ring (bicyclic) bond motifs is 1. The van der Waals surface area contributed by atoms with E-state index in [0.717, 1.165) is 0 Å². The van der Waals surface area contributed by atoms with Crippen molar-refractivity contribution in [2.75, 3.05) is 12.1 Å². The van der Waals surface area contributed by atoms with Crippen molar-refractivity contribution in [3.05, 3.63) is 42.0 Å². The highest BCUT2D eigenvalue weighted by Gasteiger charge is 2.17. The molecule has 0 aromatic heterocycles. The number of phenols is 2. The summed E-state index contributed by atoms with van der Waals surface area (Å²) in [4.78, 5) is 12.0. The van der Waals surface area contributed by atoms with Crippen LogP contribution in [-0.4, -0.2) is 22.9 Å². The monoisotopic (exact) mass is 273 g/mol. The van der Waals surface area contributed by atoms with Gasteiger partial charge in [-0.25, -0.2) is 0 Å². The lowest BCUT2D eigenvalue weighted by atomic mass is 10.1. The first-order valence-corrected chi connectivity index (χ1v) is 5.87. The van der Waals surface area contributed by atoms with Crippen LogP contribution in [0.3, 0.4) is 0 Å². The van der Waals surface area contributed by atoms with Gasteiger partial charge in [-0.15, -0.1) is 0 Å². The second-order valence-electron chi connectivity index (χ2n) is 4.20. The number of benzene rings is 2. The van der Waals surface area contributed by atoms with E-state index < -0.39 is 11.7 Å². The van der Waals surface area contributed by atoms with E-state index in [1.807, 2.05) is 0 Å². The van der Waals surface area contributed by atoms with Gasteiger partial charge >= 0.3 is 0 Å². The number of carbonyl (C=O) groups is 1. The maximum atomic E-state index is 12.0. The highest BCUT2D eigenvalue weighted by Crippen LogP contribution is 2.35. The molecule has 6 heteroatoms. The van der Waals surface area contributed by atoms with Crippen LogP contribution in [0.15, 0.2) is 36.4 Å². The lowest BCUT2D eigenvalue weighted by Gasteiger charge is -2.08. The molecule has 1 aliphatic rings. The van der Waals surface area contributed by atoms with Crippen molar-refractivity contribution < 1.29 is 24.5 Å². The Kier molecular flexibility index (Phi) is 2.83. The Morgan fingerprint density at radius 3 is 2.75 bits per heavy atom. The third-order valence-corrected chi connectivity index (χ3v) is 2.89. The van der Waals surface area contributed by atoms with Crippen LogP contribution in [-0.2, 0) is 0 Å². The molecule has 2 aromatic rings. The highest BCUT2D eigenvalue weighted by molar-refractivity contribution is 6.06. The van der Waals surface area contributed by atoms with Crippen molar-refractivity contribution in [1.82, 2.24) is 0 Å². The van der Waals surface area contributed by atoms with Crippen molar-refractivity contribution in [3.63, 3.8) is 0 Å². The smallest absolute Gasteiger partial charge is 0.259 e. The largest absolute Gasteiger partial charge is 0.504 e. The zero-order valence-electron chi connectivity index (χ0n) is 10.3. The van der Waals surface area contributed by atoms with Gasteiger partial charge in [-0.05, 0) is 24.3 Å². The van der Waals surface area contributed by atoms with Crippen LogP contribution < -0.4 is 14.8 Å². The summed E-state index contributed by atoms with van der Waals surface area (Å²) in [6, 6.07) is 9.15. The number of hydrogen-bond acceptors (Lipinski definition) is 5. The van der Waals surface area contributed by atoms with E-state index in [1.165, 1.54) is 18.2 Å². The molecule has 0 spiro atoms. The molecule has 0 aliphatic carbocycles. The predicted octanol–water partition coefficient (Wildman–Crippen LogP) is 2.08. The number of aromatic hydroxyl groups is 2. The van der Waals surface area contributed by atoms with E-state index in [1.54, 1.807) is 18.2 Å². The Labute approximate surface area is 114 Å². The molecule has 0 unspecified atom stereocenters. The summed E-state index contributed by atoms with van der Waals surface area (Å²) in [6.07, 6.45) is 0. The van der Waals surface area contributed by atoms with E-state index in [2.05, 4.69) is 5.32 Å². The lowest BCUT2D eigenvalue weighted by Crippen LogP contribution is -2.11. The summed E-state index contributed by atoms with van der Waals surface area (Å²) in [5.41, 5.74) is 0.490. The molecule has 1 amide bonds. The number of hydrogen-bond donors (Lipinski definition) is 3. The Bertz CT molecular complexity index is 683. The third-order valence-electron chi connectivity index (χ3n) is 2.89. The van der Waals surface area contributed by atoms with E-state index in [0.29, 0.717) is 17.2 Å². The zero-order chi connectivity index (χ0) is 14.1.